The Labute approximate surface area is 156 Å². The predicted molar refractivity (Wildman–Crippen MR) is 100 cm³/mol. The molecule has 0 spiro atoms. The number of likely N-dealkylation sites (tertiary alicyclic amines) is 1. The van der Waals surface area contributed by atoms with Gasteiger partial charge in [-0.05, 0) is 36.6 Å². The van der Waals surface area contributed by atoms with E-state index in [0.717, 1.165) is 16.0 Å². The number of nitrogen functional groups attached to an aromatic ring is 1. The first-order chi connectivity index (χ1) is 13.0. The first kappa shape index (κ1) is 18.4. The normalized spacial score (nSPS) is 20.3. The summed E-state index contributed by atoms with van der Waals surface area (Å²) in [4.78, 5) is 30.1. The Morgan fingerprint density at radius 1 is 1.41 bits per heavy atom. The fraction of sp³-hybridized carbons (Fsp3) is 0.263. The molecule has 2 aromatic rings. The Bertz CT molecular complexity index is 855. The van der Waals surface area contributed by atoms with Gasteiger partial charge >= 0.3 is 6.03 Å². The van der Waals surface area contributed by atoms with E-state index in [1.165, 1.54) is 6.21 Å². The second-order valence-corrected chi connectivity index (χ2v) is 6.44. The van der Waals surface area contributed by atoms with Crippen LogP contribution in [0.1, 0.15) is 24.1 Å². The van der Waals surface area contributed by atoms with E-state index in [2.05, 4.69) is 15.5 Å². The highest BCUT2D eigenvalue weighted by atomic mass is 16.4. The van der Waals surface area contributed by atoms with Crippen LogP contribution in [0.15, 0.2) is 53.8 Å². The quantitative estimate of drug-likeness (QED) is 0.323. The Morgan fingerprint density at radius 3 is 2.81 bits per heavy atom. The molecular weight excluding hydrogens is 346 g/mol. The van der Waals surface area contributed by atoms with Gasteiger partial charge in [-0.25, -0.2) is 9.78 Å². The molecule has 3 amide bonds. The number of carbonyl (C=O) groups is 2. The van der Waals surface area contributed by atoms with Crippen LogP contribution < -0.4 is 11.1 Å². The lowest BCUT2D eigenvalue weighted by atomic mass is 9.83. The molecule has 1 aliphatic rings. The number of aromatic nitrogens is 1. The SMILES string of the molecule is C[C@@H](NC(=O)N1C(=O)[C@H](Cc2ccnc(N)c2)[C@H]1/C=N/O)c1ccccc1. The first-order valence-electron chi connectivity index (χ1n) is 8.57. The number of benzene rings is 1. The molecule has 1 fully saturated rings. The van der Waals surface area contributed by atoms with Crippen LogP contribution in [0.4, 0.5) is 10.6 Å². The fourth-order valence-electron chi connectivity index (χ4n) is 3.21. The maximum absolute atomic E-state index is 12.6. The van der Waals surface area contributed by atoms with Gasteiger partial charge in [0.25, 0.3) is 0 Å². The summed E-state index contributed by atoms with van der Waals surface area (Å²) in [5.41, 5.74) is 7.43. The van der Waals surface area contributed by atoms with E-state index in [1.54, 1.807) is 18.3 Å². The third-order valence-electron chi connectivity index (χ3n) is 4.64. The fourth-order valence-corrected chi connectivity index (χ4v) is 3.21. The Morgan fingerprint density at radius 2 is 2.15 bits per heavy atom. The minimum Gasteiger partial charge on any atom is -0.411 e. The average Bonchev–Trinajstić information content (AvgIpc) is 2.66. The van der Waals surface area contributed by atoms with Crippen molar-refractivity contribution in [3.8, 4) is 0 Å². The lowest BCUT2D eigenvalue weighted by Crippen LogP contribution is -2.66. The van der Waals surface area contributed by atoms with Gasteiger partial charge in [0.2, 0.25) is 5.91 Å². The van der Waals surface area contributed by atoms with Gasteiger partial charge in [0, 0.05) is 6.20 Å². The molecule has 0 radical (unpaired) electrons. The molecule has 1 aliphatic heterocycles. The van der Waals surface area contributed by atoms with Crippen molar-refractivity contribution in [2.24, 2.45) is 11.1 Å². The number of urea groups is 1. The summed E-state index contributed by atoms with van der Waals surface area (Å²) in [6, 6.07) is 11.5. The van der Waals surface area contributed by atoms with E-state index in [4.69, 9.17) is 10.9 Å². The Balaban J connectivity index is 1.70. The monoisotopic (exact) mass is 367 g/mol. The maximum atomic E-state index is 12.6. The van der Waals surface area contributed by atoms with Crippen molar-refractivity contribution < 1.29 is 14.8 Å². The van der Waals surface area contributed by atoms with Crippen LogP contribution in [0.5, 0.6) is 0 Å². The van der Waals surface area contributed by atoms with Crippen LogP contribution >= 0.6 is 0 Å². The number of nitrogens with one attached hydrogen (secondary N) is 1. The molecule has 3 atom stereocenters. The number of carbonyl (C=O) groups excluding carboxylic acids is 2. The summed E-state index contributed by atoms with van der Waals surface area (Å²) in [6.07, 6.45) is 3.14. The molecule has 4 N–H and O–H groups in total. The molecular formula is C19H21N5O3. The largest absolute Gasteiger partial charge is 0.411 e. The van der Waals surface area contributed by atoms with Crippen molar-refractivity contribution in [1.29, 1.82) is 0 Å². The summed E-state index contributed by atoms with van der Waals surface area (Å²) in [7, 11) is 0. The maximum Gasteiger partial charge on any atom is 0.325 e. The Kier molecular flexibility index (Phi) is 5.35. The van der Waals surface area contributed by atoms with Gasteiger partial charge in [-0.1, -0.05) is 35.5 Å². The van der Waals surface area contributed by atoms with Gasteiger partial charge in [0.15, 0.2) is 0 Å². The minimum absolute atomic E-state index is 0.266. The van der Waals surface area contributed by atoms with E-state index < -0.39 is 18.0 Å². The molecule has 140 valence electrons. The van der Waals surface area contributed by atoms with Crippen molar-refractivity contribution in [3.05, 3.63) is 59.8 Å². The molecule has 0 bridgehead atoms. The zero-order valence-electron chi connectivity index (χ0n) is 14.8. The molecule has 8 nitrogen and oxygen atoms in total. The summed E-state index contributed by atoms with van der Waals surface area (Å²) in [5.74, 6) is -0.466. The van der Waals surface area contributed by atoms with Crippen molar-refractivity contribution in [1.82, 2.24) is 15.2 Å². The minimum atomic E-state index is -0.625. The highest BCUT2D eigenvalue weighted by Crippen LogP contribution is 2.30. The van der Waals surface area contributed by atoms with Crippen LogP contribution in [0.25, 0.3) is 0 Å². The van der Waals surface area contributed by atoms with Crippen molar-refractivity contribution in [2.75, 3.05) is 5.73 Å². The lowest BCUT2D eigenvalue weighted by Gasteiger charge is -2.43. The highest BCUT2D eigenvalue weighted by Gasteiger charge is 2.50. The predicted octanol–water partition coefficient (Wildman–Crippen LogP) is 1.96. The molecule has 0 saturated carbocycles. The number of pyridine rings is 1. The number of amides is 3. The number of nitrogens with zero attached hydrogens (tertiary/aromatic N) is 3. The molecule has 8 heteroatoms. The van der Waals surface area contributed by atoms with Gasteiger partial charge in [0.1, 0.15) is 5.82 Å². The third kappa shape index (κ3) is 3.89. The number of imide groups is 1. The number of hydrogen-bond acceptors (Lipinski definition) is 6. The number of oxime groups is 1. The number of nitrogens with two attached hydrogens (primary N) is 1. The molecule has 0 aliphatic carbocycles. The molecule has 3 rings (SSSR count). The average molecular weight is 367 g/mol. The topological polar surface area (TPSA) is 121 Å². The summed E-state index contributed by atoms with van der Waals surface area (Å²) in [6.45, 7) is 1.84. The summed E-state index contributed by atoms with van der Waals surface area (Å²) < 4.78 is 0. The van der Waals surface area contributed by atoms with Crippen LogP contribution in [0.3, 0.4) is 0 Å². The number of anilines is 1. The summed E-state index contributed by atoms with van der Waals surface area (Å²) >= 11 is 0. The van der Waals surface area contributed by atoms with Crippen molar-refractivity contribution >= 4 is 24.0 Å². The zero-order valence-corrected chi connectivity index (χ0v) is 14.8. The lowest BCUT2D eigenvalue weighted by molar-refractivity contribution is -0.145. The zero-order chi connectivity index (χ0) is 19.4. The number of β-lactam (4-membered cyclic amide) rings is 1. The summed E-state index contributed by atoms with van der Waals surface area (Å²) in [5, 5.41) is 14.8. The van der Waals surface area contributed by atoms with E-state index in [9.17, 15) is 9.59 Å². The molecule has 1 aromatic carbocycles. The second-order valence-electron chi connectivity index (χ2n) is 6.44. The van der Waals surface area contributed by atoms with Gasteiger partial charge in [-0.15, -0.1) is 0 Å². The second kappa shape index (κ2) is 7.86. The van der Waals surface area contributed by atoms with E-state index in [0.29, 0.717) is 12.2 Å². The van der Waals surface area contributed by atoms with Crippen molar-refractivity contribution in [2.45, 2.75) is 25.4 Å². The molecule has 0 unspecified atom stereocenters. The van der Waals surface area contributed by atoms with Gasteiger partial charge in [0.05, 0.1) is 24.2 Å². The smallest absolute Gasteiger partial charge is 0.325 e. The van der Waals surface area contributed by atoms with Crippen molar-refractivity contribution in [3.63, 3.8) is 0 Å². The number of rotatable bonds is 5. The molecule has 1 saturated heterocycles. The van der Waals surface area contributed by atoms with E-state index in [1.807, 2.05) is 37.3 Å². The van der Waals surface area contributed by atoms with Gasteiger partial charge in [-0.2, -0.15) is 0 Å². The van der Waals surface area contributed by atoms with E-state index in [-0.39, 0.29) is 11.9 Å². The highest BCUT2D eigenvalue weighted by molar-refractivity contribution is 6.06. The van der Waals surface area contributed by atoms with Crippen LogP contribution in [-0.4, -0.2) is 39.3 Å². The molecule has 2 heterocycles. The number of hydrogen-bond donors (Lipinski definition) is 3. The first-order valence-corrected chi connectivity index (χ1v) is 8.57. The molecule has 1 aromatic heterocycles. The van der Waals surface area contributed by atoms with Crippen LogP contribution in [0, 0.1) is 5.92 Å². The molecule has 27 heavy (non-hydrogen) atoms. The van der Waals surface area contributed by atoms with E-state index >= 15 is 0 Å². The standard InChI is InChI=1S/C19H21N5O3/c1-12(14-5-3-2-4-6-14)23-19(26)24-16(11-22-27)15(18(24)25)9-13-7-8-21-17(20)10-13/h2-8,10-12,15-16,27H,9H2,1H3,(H2,20,21)(H,23,26)/b22-11+/t12-,15-,16-/m1/s1. The third-order valence-corrected chi connectivity index (χ3v) is 4.64. The van der Waals surface area contributed by atoms with Gasteiger partial charge in [-0.3, -0.25) is 9.69 Å². The van der Waals surface area contributed by atoms with Gasteiger partial charge < -0.3 is 16.3 Å². The Hall–Kier alpha value is -3.42. The van der Waals surface area contributed by atoms with Crippen LogP contribution in [-0.2, 0) is 11.2 Å². The van der Waals surface area contributed by atoms with Crippen LogP contribution in [0.2, 0.25) is 0 Å².